The normalized spacial score (nSPS) is 20.4. The van der Waals surface area contributed by atoms with Crippen molar-refractivity contribution in [3.63, 3.8) is 0 Å². The van der Waals surface area contributed by atoms with Crippen LogP contribution in [-0.2, 0) is 22.6 Å². The number of hydrogen-bond acceptors (Lipinski definition) is 5. The SMILES string of the molecule is COC(=O)C(C)(N)CC(C)N1CCn2ccnc2C1. The second kappa shape index (κ2) is 5.30. The predicted octanol–water partition coefficient (Wildman–Crippen LogP) is 0.368. The van der Waals surface area contributed by atoms with Crippen LogP contribution in [0.1, 0.15) is 26.1 Å². The number of methoxy groups -OCH3 is 1. The van der Waals surface area contributed by atoms with Gasteiger partial charge < -0.3 is 15.0 Å². The quantitative estimate of drug-likeness (QED) is 0.797. The molecule has 0 saturated heterocycles. The number of fused-ring (bicyclic) bond motifs is 1. The highest BCUT2D eigenvalue weighted by atomic mass is 16.5. The molecule has 2 rings (SSSR count). The monoisotopic (exact) mass is 266 g/mol. The first kappa shape index (κ1) is 14.0. The fraction of sp³-hybridized carbons (Fsp3) is 0.692. The molecule has 6 nitrogen and oxygen atoms in total. The topological polar surface area (TPSA) is 73.4 Å². The number of ether oxygens (including phenoxy) is 1. The lowest BCUT2D eigenvalue weighted by Gasteiger charge is -2.35. The molecule has 106 valence electrons. The molecule has 0 fully saturated rings. The summed E-state index contributed by atoms with van der Waals surface area (Å²) in [5, 5.41) is 0. The van der Waals surface area contributed by atoms with Gasteiger partial charge in [0.2, 0.25) is 0 Å². The predicted molar refractivity (Wildman–Crippen MR) is 71.3 cm³/mol. The first-order valence-electron chi connectivity index (χ1n) is 6.55. The van der Waals surface area contributed by atoms with Gasteiger partial charge in [-0.2, -0.15) is 0 Å². The zero-order chi connectivity index (χ0) is 14.0. The lowest BCUT2D eigenvalue weighted by Crippen LogP contribution is -2.51. The van der Waals surface area contributed by atoms with Crippen molar-refractivity contribution in [2.45, 2.75) is 44.9 Å². The van der Waals surface area contributed by atoms with E-state index in [0.717, 1.165) is 25.5 Å². The van der Waals surface area contributed by atoms with E-state index < -0.39 is 5.54 Å². The van der Waals surface area contributed by atoms with E-state index in [-0.39, 0.29) is 12.0 Å². The number of carbonyl (C=O) groups excluding carboxylic acids is 1. The number of nitrogens with two attached hydrogens (primary N) is 1. The van der Waals surface area contributed by atoms with E-state index in [1.165, 1.54) is 7.11 Å². The van der Waals surface area contributed by atoms with Gasteiger partial charge in [-0.3, -0.25) is 9.69 Å². The minimum absolute atomic E-state index is 0.208. The van der Waals surface area contributed by atoms with Gasteiger partial charge >= 0.3 is 5.97 Å². The first-order chi connectivity index (χ1) is 8.94. The lowest BCUT2D eigenvalue weighted by atomic mass is 9.94. The van der Waals surface area contributed by atoms with E-state index in [1.54, 1.807) is 6.92 Å². The van der Waals surface area contributed by atoms with Crippen molar-refractivity contribution in [2.75, 3.05) is 13.7 Å². The minimum atomic E-state index is -0.943. The average molecular weight is 266 g/mol. The van der Waals surface area contributed by atoms with E-state index in [2.05, 4.69) is 21.4 Å². The fourth-order valence-corrected chi connectivity index (χ4v) is 2.63. The number of imidazole rings is 1. The van der Waals surface area contributed by atoms with Crippen molar-refractivity contribution in [3.8, 4) is 0 Å². The molecule has 1 aromatic rings. The van der Waals surface area contributed by atoms with Crippen molar-refractivity contribution in [1.29, 1.82) is 0 Å². The summed E-state index contributed by atoms with van der Waals surface area (Å²) in [6.45, 7) is 6.49. The Bertz CT molecular complexity index is 455. The smallest absolute Gasteiger partial charge is 0.325 e. The molecule has 2 N–H and O–H groups in total. The number of nitrogens with zero attached hydrogens (tertiary/aromatic N) is 3. The Balaban J connectivity index is 1.98. The van der Waals surface area contributed by atoms with Crippen LogP contribution >= 0.6 is 0 Å². The maximum atomic E-state index is 11.6. The summed E-state index contributed by atoms with van der Waals surface area (Å²) < 4.78 is 6.91. The zero-order valence-corrected chi connectivity index (χ0v) is 11.8. The third-order valence-electron chi connectivity index (χ3n) is 3.77. The van der Waals surface area contributed by atoms with E-state index in [1.807, 2.05) is 12.4 Å². The van der Waals surface area contributed by atoms with Gasteiger partial charge in [-0.1, -0.05) is 0 Å². The van der Waals surface area contributed by atoms with Gasteiger partial charge in [-0.05, 0) is 20.3 Å². The van der Waals surface area contributed by atoms with Gasteiger partial charge in [-0.15, -0.1) is 0 Å². The Hall–Kier alpha value is -1.40. The van der Waals surface area contributed by atoms with Crippen molar-refractivity contribution in [1.82, 2.24) is 14.5 Å². The fourth-order valence-electron chi connectivity index (χ4n) is 2.63. The molecule has 0 spiro atoms. The molecule has 2 unspecified atom stereocenters. The van der Waals surface area contributed by atoms with Crippen LogP contribution in [0, 0.1) is 0 Å². The van der Waals surface area contributed by atoms with Gasteiger partial charge in [0.05, 0.1) is 13.7 Å². The molecule has 0 bridgehead atoms. The molecule has 1 aliphatic rings. The Labute approximate surface area is 113 Å². The molecule has 0 amide bonds. The molecule has 2 heterocycles. The molecule has 0 saturated carbocycles. The van der Waals surface area contributed by atoms with E-state index >= 15 is 0 Å². The minimum Gasteiger partial charge on any atom is -0.468 e. The van der Waals surface area contributed by atoms with Gasteiger partial charge in [0.15, 0.2) is 0 Å². The molecular formula is C13H22N4O2. The highest BCUT2D eigenvalue weighted by Crippen LogP contribution is 2.19. The van der Waals surface area contributed by atoms with Gasteiger partial charge in [0.25, 0.3) is 0 Å². The lowest BCUT2D eigenvalue weighted by molar-refractivity contribution is -0.147. The number of rotatable bonds is 4. The van der Waals surface area contributed by atoms with Crippen LogP contribution < -0.4 is 5.73 Å². The molecule has 0 aromatic carbocycles. The Morgan fingerprint density at radius 3 is 3.05 bits per heavy atom. The summed E-state index contributed by atoms with van der Waals surface area (Å²) in [6.07, 6.45) is 4.39. The number of esters is 1. The molecule has 0 aliphatic carbocycles. The van der Waals surface area contributed by atoms with Crippen molar-refractivity contribution in [3.05, 3.63) is 18.2 Å². The van der Waals surface area contributed by atoms with E-state index in [4.69, 9.17) is 10.5 Å². The van der Waals surface area contributed by atoms with Crippen LogP contribution in [0.4, 0.5) is 0 Å². The van der Waals surface area contributed by atoms with Gasteiger partial charge in [0.1, 0.15) is 11.4 Å². The van der Waals surface area contributed by atoms with Crippen LogP contribution in [-0.4, -0.2) is 45.7 Å². The summed E-state index contributed by atoms with van der Waals surface area (Å²) in [5.74, 6) is 0.702. The van der Waals surface area contributed by atoms with Crippen LogP contribution in [0.25, 0.3) is 0 Å². The maximum Gasteiger partial charge on any atom is 0.325 e. The number of hydrogen-bond donors (Lipinski definition) is 1. The maximum absolute atomic E-state index is 11.6. The number of carbonyl (C=O) groups is 1. The standard InChI is InChI=1S/C13H22N4O2/c1-10(8-13(2,14)12(18)19-3)17-7-6-16-5-4-15-11(16)9-17/h4-5,10H,6-9,14H2,1-3H3. The van der Waals surface area contributed by atoms with Crippen LogP contribution in [0.2, 0.25) is 0 Å². The third-order valence-corrected chi connectivity index (χ3v) is 3.77. The largest absolute Gasteiger partial charge is 0.468 e. The molecule has 0 radical (unpaired) electrons. The van der Waals surface area contributed by atoms with E-state index in [9.17, 15) is 4.79 Å². The molecule has 19 heavy (non-hydrogen) atoms. The summed E-state index contributed by atoms with van der Waals surface area (Å²) >= 11 is 0. The Kier molecular flexibility index (Phi) is 3.91. The molecule has 2 atom stereocenters. The Morgan fingerprint density at radius 1 is 1.63 bits per heavy atom. The second-order valence-electron chi connectivity index (χ2n) is 5.47. The van der Waals surface area contributed by atoms with E-state index in [0.29, 0.717) is 6.42 Å². The van der Waals surface area contributed by atoms with Gasteiger partial charge in [-0.25, -0.2) is 4.98 Å². The third kappa shape index (κ3) is 2.96. The van der Waals surface area contributed by atoms with Crippen molar-refractivity contribution in [2.24, 2.45) is 5.73 Å². The molecule has 1 aliphatic heterocycles. The Morgan fingerprint density at radius 2 is 2.37 bits per heavy atom. The van der Waals surface area contributed by atoms with Crippen molar-refractivity contribution >= 4 is 5.97 Å². The number of aromatic nitrogens is 2. The van der Waals surface area contributed by atoms with Crippen molar-refractivity contribution < 1.29 is 9.53 Å². The van der Waals surface area contributed by atoms with Crippen LogP contribution in [0.3, 0.4) is 0 Å². The highest BCUT2D eigenvalue weighted by molar-refractivity contribution is 5.79. The van der Waals surface area contributed by atoms with Crippen LogP contribution in [0.15, 0.2) is 12.4 Å². The zero-order valence-electron chi connectivity index (χ0n) is 11.8. The average Bonchev–Trinajstić information content (AvgIpc) is 2.84. The van der Waals surface area contributed by atoms with Crippen LogP contribution in [0.5, 0.6) is 0 Å². The first-order valence-corrected chi connectivity index (χ1v) is 6.55. The molecular weight excluding hydrogens is 244 g/mol. The molecule has 1 aromatic heterocycles. The van der Waals surface area contributed by atoms with Gasteiger partial charge in [0, 0.05) is 31.5 Å². The summed E-state index contributed by atoms with van der Waals surface area (Å²) in [6, 6.07) is 0.208. The second-order valence-corrected chi connectivity index (χ2v) is 5.47. The summed E-state index contributed by atoms with van der Waals surface area (Å²) in [5.41, 5.74) is 5.09. The summed E-state index contributed by atoms with van der Waals surface area (Å²) in [4.78, 5) is 18.3. The highest BCUT2D eigenvalue weighted by Gasteiger charge is 2.34. The summed E-state index contributed by atoms with van der Waals surface area (Å²) in [7, 11) is 1.37. The molecule has 6 heteroatoms.